The van der Waals surface area contributed by atoms with E-state index in [2.05, 4.69) is 31.0 Å². The average molecular weight is 202 g/mol. The highest BCUT2D eigenvalue weighted by Gasteiger charge is 2.52. The summed E-state index contributed by atoms with van der Waals surface area (Å²) in [6, 6.07) is 9.95. The summed E-state index contributed by atoms with van der Waals surface area (Å²) in [7, 11) is 0. The highest BCUT2D eigenvalue weighted by molar-refractivity contribution is 5.35. The molecule has 0 bridgehead atoms. The van der Waals surface area contributed by atoms with E-state index in [0.717, 1.165) is 5.69 Å². The van der Waals surface area contributed by atoms with Crippen LogP contribution in [-0.4, -0.2) is 5.54 Å². The predicted molar refractivity (Wildman–Crippen MR) is 62.4 cm³/mol. The van der Waals surface area contributed by atoms with Gasteiger partial charge in [-0.3, -0.25) is 0 Å². The molecule has 0 N–H and O–H groups in total. The number of benzene rings is 1. The molecule has 1 aliphatic rings. The van der Waals surface area contributed by atoms with Crippen molar-refractivity contribution in [2.75, 3.05) is 0 Å². The van der Waals surface area contributed by atoms with E-state index in [4.69, 9.17) is 0 Å². The van der Waals surface area contributed by atoms with Gasteiger partial charge in [0, 0.05) is 0 Å². The smallest absolute Gasteiger partial charge is 0.0870 e. The SMILES string of the molecule is CC(C)(C)C1(N=Nc2ccccc2)CC1. The first-order valence-corrected chi connectivity index (χ1v) is 5.52. The molecule has 2 rings (SSSR count). The summed E-state index contributed by atoms with van der Waals surface area (Å²) in [5, 5.41) is 8.87. The van der Waals surface area contributed by atoms with Crippen LogP contribution in [0.15, 0.2) is 40.6 Å². The second-order valence-corrected chi connectivity index (χ2v) is 5.32. The summed E-state index contributed by atoms with van der Waals surface area (Å²) in [5.41, 5.74) is 1.28. The van der Waals surface area contributed by atoms with Crippen molar-refractivity contribution in [1.82, 2.24) is 0 Å². The van der Waals surface area contributed by atoms with Gasteiger partial charge in [-0.1, -0.05) is 39.0 Å². The van der Waals surface area contributed by atoms with Gasteiger partial charge in [-0.15, -0.1) is 0 Å². The van der Waals surface area contributed by atoms with Crippen LogP contribution >= 0.6 is 0 Å². The Morgan fingerprint density at radius 3 is 2.13 bits per heavy atom. The molecular formula is C13H18N2. The minimum absolute atomic E-state index is 0.100. The largest absolute Gasteiger partial charge is 0.181 e. The molecule has 2 nitrogen and oxygen atoms in total. The van der Waals surface area contributed by atoms with Crippen LogP contribution in [0.4, 0.5) is 5.69 Å². The molecule has 1 aliphatic carbocycles. The maximum atomic E-state index is 4.53. The summed E-state index contributed by atoms with van der Waals surface area (Å²) in [5.74, 6) is 0. The highest BCUT2D eigenvalue weighted by Crippen LogP contribution is 2.53. The molecule has 1 saturated carbocycles. The van der Waals surface area contributed by atoms with E-state index in [9.17, 15) is 0 Å². The Balaban J connectivity index is 2.13. The van der Waals surface area contributed by atoms with Gasteiger partial charge in [0.25, 0.3) is 0 Å². The van der Waals surface area contributed by atoms with Gasteiger partial charge in [-0.2, -0.15) is 10.2 Å². The number of nitrogens with zero attached hydrogens (tertiary/aromatic N) is 2. The summed E-state index contributed by atoms with van der Waals surface area (Å²) in [6.45, 7) is 6.72. The molecule has 0 radical (unpaired) electrons. The first kappa shape index (κ1) is 10.3. The van der Waals surface area contributed by atoms with E-state index in [-0.39, 0.29) is 11.0 Å². The van der Waals surface area contributed by atoms with Gasteiger partial charge in [0.1, 0.15) is 0 Å². The second kappa shape index (κ2) is 3.44. The van der Waals surface area contributed by atoms with E-state index < -0.39 is 0 Å². The van der Waals surface area contributed by atoms with Crippen molar-refractivity contribution in [3.63, 3.8) is 0 Å². The molecule has 0 spiro atoms. The number of rotatable bonds is 2. The lowest BCUT2D eigenvalue weighted by Crippen LogP contribution is -2.25. The lowest BCUT2D eigenvalue weighted by molar-refractivity contribution is 0.294. The Bertz CT molecular complexity index is 356. The molecular weight excluding hydrogens is 184 g/mol. The van der Waals surface area contributed by atoms with Gasteiger partial charge < -0.3 is 0 Å². The third kappa shape index (κ3) is 2.09. The van der Waals surface area contributed by atoms with Crippen LogP contribution in [0.3, 0.4) is 0 Å². The monoisotopic (exact) mass is 202 g/mol. The van der Waals surface area contributed by atoms with Crippen molar-refractivity contribution in [1.29, 1.82) is 0 Å². The zero-order chi connectivity index (χ0) is 10.9. The van der Waals surface area contributed by atoms with E-state index in [1.807, 2.05) is 30.3 Å². The van der Waals surface area contributed by atoms with Crippen molar-refractivity contribution in [3.8, 4) is 0 Å². The van der Waals surface area contributed by atoms with Gasteiger partial charge in [0.2, 0.25) is 0 Å². The molecule has 0 unspecified atom stereocenters. The topological polar surface area (TPSA) is 24.7 Å². The first-order chi connectivity index (χ1) is 7.04. The Morgan fingerprint density at radius 1 is 1.07 bits per heavy atom. The predicted octanol–water partition coefficient (Wildman–Crippen LogP) is 4.35. The Hall–Kier alpha value is -1.18. The Labute approximate surface area is 91.4 Å². The molecule has 0 saturated heterocycles. The fourth-order valence-electron chi connectivity index (χ4n) is 1.77. The molecule has 80 valence electrons. The number of azo groups is 1. The Kier molecular flexibility index (Phi) is 2.37. The van der Waals surface area contributed by atoms with Gasteiger partial charge in [0.15, 0.2) is 0 Å². The van der Waals surface area contributed by atoms with Crippen molar-refractivity contribution < 1.29 is 0 Å². The lowest BCUT2D eigenvalue weighted by atomic mass is 9.85. The standard InChI is InChI=1S/C13H18N2/c1-12(2,3)13(9-10-13)15-14-11-7-5-4-6-8-11/h4-8H,9-10H2,1-3H3. The maximum Gasteiger partial charge on any atom is 0.0870 e. The van der Waals surface area contributed by atoms with Gasteiger partial charge in [-0.05, 0) is 30.4 Å². The molecule has 1 fully saturated rings. The quantitative estimate of drug-likeness (QED) is 0.637. The normalized spacial score (nSPS) is 19.4. The lowest BCUT2D eigenvalue weighted by Gasteiger charge is -2.25. The number of hydrogen-bond acceptors (Lipinski definition) is 2. The number of hydrogen-bond donors (Lipinski definition) is 0. The van der Waals surface area contributed by atoms with Crippen LogP contribution in [0.1, 0.15) is 33.6 Å². The van der Waals surface area contributed by atoms with E-state index in [0.29, 0.717) is 0 Å². The molecule has 0 aromatic heterocycles. The fraction of sp³-hybridized carbons (Fsp3) is 0.538. The maximum absolute atomic E-state index is 4.53. The van der Waals surface area contributed by atoms with Crippen LogP contribution in [-0.2, 0) is 0 Å². The summed E-state index contributed by atoms with van der Waals surface area (Å²) in [6.07, 6.45) is 2.35. The van der Waals surface area contributed by atoms with E-state index >= 15 is 0 Å². The molecule has 2 heteroatoms. The van der Waals surface area contributed by atoms with Crippen LogP contribution in [0.5, 0.6) is 0 Å². The molecule has 0 heterocycles. The fourth-order valence-corrected chi connectivity index (χ4v) is 1.77. The van der Waals surface area contributed by atoms with Crippen LogP contribution in [0.25, 0.3) is 0 Å². The van der Waals surface area contributed by atoms with Gasteiger partial charge in [0.05, 0.1) is 11.2 Å². The summed E-state index contributed by atoms with van der Waals surface area (Å²) < 4.78 is 0. The Morgan fingerprint density at radius 2 is 1.67 bits per heavy atom. The first-order valence-electron chi connectivity index (χ1n) is 5.52. The van der Waals surface area contributed by atoms with Crippen molar-refractivity contribution in [2.24, 2.45) is 15.6 Å². The zero-order valence-electron chi connectivity index (χ0n) is 9.70. The van der Waals surface area contributed by atoms with Crippen molar-refractivity contribution in [3.05, 3.63) is 30.3 Å². The molecule has 1 aromatic carbocycles. The van der Waals surface area contributed by atoms with Gasteiger partial charge >= 0.3 is 0 Å². The van der Waals surface area contributed by atoms with Crippen LogP contribution in [0.2, 0.25) is 0 Å². The zero-order valence-corrected chi connectivity index (χ0v) is 9.70. The second-order valence-electron chi connectivity index (χ2n) is 5.32. The van der Waals surface area contributed by atoms with Crippen molar-refractivity contribution >= 4 is 5.69 Å². The molecule has 0 aliphatic heterocycles. The molecule has 0 amide bonds. The van der Waals surface area contributed by atoms with Crippen LogP contribution in [0, 0.1) is 5.41 Å². The van der Waals surface area contributed by atoms with E-state index in [1.54, 1.807) is 0 Å². The molecule has 15 heavy (non-hydrogen) atoms. The molecule has 0 atom stereocenters. The highest BCUT2D eigenvalue weighted by atomic mass is 15.2. The average Bonchev–Trinajstić information content (AvgIpc) is 2.96. The molecule has 1 aromatic rings. The third-order valence-electron chi connectivity index (χ3n) is 3.23. The third-order valence-corrected chi connectivity index (χ3v) is 3.23. The van der Waals surface area contributed by atoms with E-state index in [1.165, 1.54) is 12.8 Å². The summed E-state index contributed by atoms with van der Waals surface area (Å²) in [4.78, 5) is 0. The van der Waals surface area contributed by atoms with Gasteiger partial charge in [-0.25, -0.2) is 0 Å². The minimum atomic E-state index is 0.100. The minimum Gasteiger partial charge on any atom is -0.181 e. The summed E-state index contributed by atoms with van der Waals surface area (Å²) >= 11 is 0. The van der Waals surface area contributed by atoms with Crippen molar-refractivity contribution in [2.45, 2.75) is 39.2 Å². The van der Waals surface area contributed by atoms with Crippen LogP contribution < -0.4 is 0 Å².